The maximum Gasteiger partial charge on any atom is 0.274 e. The number of anilines is 2. The molecular weight excluding hydrogens is 283 g/mol. The Kier molecular flexibility index (Phi) is 5.04. The van der Waals surface area contributed by atoms with Crippen LogP contribution in [-0.4, -0.2) is 29.0 Å². The molecule has 1 aromatic heterocycles. The van der Waals surface area contributed by atoms with Crippen LogP contribution < -0.4 is 10.2 Å². The molecule has 0 atom stereocenters. The van der Waals surface area contributed by atoms with Crippen molar-refractivity contribution in [1.29, 1.82) is 0 Å². The molecule has 1 heterocycles. The number of amides is 1. The summed E-state index contributed by atoms with van der Waals surface area (Å²) in [6, 6.07) is 7.23. The van der Waals surface area contributed by atoms with Gasteiger partial charge in [-0.2, -0.15) is 0 Å². The van der Waals surface area contributed by atoms with Crippen molar-refractivity contribution >= 4 is 17.5 Å². The molecule has 0 saturated carbocycles. The van der Waals surface area contributed by atoms with Gasteiger partial charge in [-0.25, -0.2) is 14.4 Å². The van der Waals surface area contributed by atoms with Gasteiger partial charge in [-0.05, 0) is 51.1 Å². The maximum atomic E-state index is 12.9. The van der Waals surface area contributed by atoms with E-state index in [4.69, 9.17) is 0 Å². The van der Waals surface area contributed by atoms with E-state index in [1.165, 1.54) is 24.3 Å². The highest BCUT2D eigenvalue weighted by atomic mass is 19.1. The van der Waals surface area contributed by atoms with Crippen LogP contribution in [0.1, 0.15) is 30.0 Å². The molecule has 0 spiro atoms. The first-order chi connectivity index (χ1) is 10.5. The van der Waals surface area contributed by atoms with Gasteiger partial charge in [0.2, 0.25) is 5.95 Å². The predicted molar refractivity (Wildman–Crippen MR) is 84.7 cm³/mol. The van der Waals surface area contributed by atoms with Crippen molar-refractivity contribution in [3.63, 3.8) is 0 Å². The van der Waals surface area contributed by atoms with Crippen LogP contribution >= 0.6 is 0 Å². The molecule has 1 amide bonds. The normalized spacial score (nSPS) is 10.4. The Morgan fingerprint density at radius 2 is 1.82 bits per heavy atom. The molecule has 1 N–H and O–H groups in total. The standard InChI is InChI=1S/C16H19FN4O/c1-4-21(5-2)16-18-11(3)10-14(20-16)15(22)19-13-8-6-12(17)7-9-13/h6-10H,4-5H2,1-3H3,(H,19,22). The van der Waals surface area contributed by atoms with Crippen LogP contribution in [0.25, 0.3) is 0 Å². The number of aryl methyl sites for hydroxylation is 1. The number of carbonyl (C=O) groups is 1. The molecule has 6 heteroatoms. The molecule has 22 heavy (non-hydrogen) atoms. The molecule has 2 rings (SSSR count). The van der Waals surface area contributed by atoms with Crippen LogP contribution in [0, 0.1) is 12.7 Å². The molecular formula is C16H19FN4O. The number of carbonyl (C=O) groups excluding carboxylic acids is 1. The van der Waals surface area contributed by atoms with Crippen LogP contribution in [0.3, 0.4) is 0 Å². The van der Waals surface area contributed by atoms with Gasteiger partial charge in [0.05, 0.1) is 0 Å². The highest BCUT2D eigenvalue weighted by molar-refractivity contribution is 6.03. The fourth-order valence-corrected chi connectivity index (χ4v) is 2.05. The summed E-state index contributed by atoms with van der Waals surface area (Å²) in [5.41, 5.74) is 1.53. The van der Waals surface area contributed by atoms with E-state index < -0.39 is 0 Å². The van der Waals surface area contributed by atoms with Crippen LogP contribution in [-0.2, 0) is 0 Å². The molecule has 1 aromatic carbocycles. The lowest BCUT2D eigenvalue weighted by Gasteiger charge is -2.19. The first kappa shape index (κ1) is 15.9. The summed E-state index contributed by atoms with van der Waals surface area (Å²) < 4.78 is 12.9. The monoisotopic (exact) mass is 302 g/mol. The van der Waals surface area contributed by atoms with Crippen molar-refractivity contribution in [3.05, 3.63) is 47.5 Å². The van der Waals surface area contributed by atoms with Gasteiger partial charge in [0.1, 0.15) is 11.5 Å². The fourth-order valence-electron chi connectivity index (χ4n) is 2.05. The van der Waals surface area contributed by atoms with Crippen molar-refractivity contribution in [2.75, 3.05) is 23.3 Å². The Morgan fingerprint density at radius 1 is 1.18 bits per heavy atom. The van der Waals surface area contributed by atoms with E-state index in [0.29, 0.717) is 17.3 Å². The third-order valence-electron chi connectivity index (χ3n) is 3.22. The average Bonchev–Trinajstić information content (AvgIpc) is 2.50. The number of hydrogen-bond acceptors (Lipinski definition) is 4. The Hall–Kier alpha value is -2.50. The summed E-state index contributed by atoms with van der Waals surface area (Å²) in [5.74, 6) is -0.153. The van der Waals surface area contributed by atoms with Gasteiger partial charge in [0.15, 0.2) is 0 Å². The van der Waals surface area contributed by atoms with Gasteiger partial charge in [0, 0.05) is 24.5 Å². The number of nitrogens with one attached hydrogen (secondary N) is 1. The predicted octanol–water partition coefficient (Wildman–Crippen LogP) is 3.02. The Labute approximate surface area is 129 Å². The number of benzene rings is 1. The first-order valence-corrected chi connectivity index (χ1v) is 7.21. The Morgan fingerprint density at radius 3 is 2.41 bits per heavy atom. The summed E-state index contributed by atoms with van der Waals surface area (Å²) in [7, 11) is 0. The van der Waals surface area contributed by atoms with Gasteiger partial charge in [-0.1, -0.05) is 0 Å². The minimum atomic E-state index is -0.348. The molecule has 0 aliphatic carbocycles. The second-order valence-electron chi connectivity index (χ2n) is 4.83. The van der Waals surface area contributed by atoms with E-state index in [1.54, 1.807) is 6.07 Å². The van der Waals surface area contributed by atoms with Crippen molar-refractivity contribution in [1.82, 2.24) is 9.97 Å². The lowest BCUT2D eigenvalue weighted by molar-refractivity contribution is 0.102. The highest BCUT2D eigenvalue weighted by Crippen LogP contribution is 2.13. The van der Waals surface area contributed by atoms with Gasteiger partial charge in [0.25, 0.3) is 5.91 Å². The van der Waals surface area contributed by atoms with Crippen molar-refractivity contribution in [2.24, 2.45) is 0 Å². The lowest BCUT2D eigenvalue weighted by Crippen LogP contribution is -2.26. The molecule has 0 bridgehead atoms. The van der Waals surface area contributed by atoms with Crippen LogP contribution in [0.2, 0.25) is 0 Å². The molecule has 116 valence electrons. The van der Waals surface area contributed by atoms with Crippen molar-refractivity contribution in [3.8, 4) is 0 Å². The topological polar surface area (TPSA) is 58.1 Å². The Balaban J connectivity index is 2.23. The molecule has 0 aliphatic rings. The van der Waals surface area contributed by atoms with Gasteiger partial charge >= 0.3 is 0 Å². The van der Waals surface area contributed by atoms with Gasteiger partial charge in [-0.3, -0.25) is 4.79 Å². The van der Waals surface area contributed by atoms with E-state index in [-0.39, 0.29) is 11.7 Å². The molecule has 0 unspecified atom stereocenters. The molecule has 0 aliphatic heterocycles. The first-order valence-electron chi connectivity index (χ1n) is 7.21. The molecule has 0 fully saturated rings. The van der Waals surface area contributed by atoms with Crippen LogP contribution in [0.4, 0.5) is 16.0 Å². The molecule has 0 radical (unpaired) electrons. The van der Waals surface area contributed by atoms with E-state index in [1.807, 2.05) is 25.7 Å². The van der Waals surface area contributed by atoms with Crippen molar-refractivity contribution < 1.29 is 9.18 Å². The number of rotatable bonds is 5. The largest absolute Gasteiger partial charge is 0.341 e. The summed E-state index contributed by atoms with van der Waals surface area (Å²) >= 11 is 0. The maximum absolute atomic E-state index is 12.9. The smallest absolute Gasteiger partial charge is 0.274 e. The van der Waals surface area contributed by atoms with Crippen LogP contribution in [0.15, 0.2) is 30.3 Å². The minimum absolute atomic E-state index is 0.290. The number of halogens is 1. The van der Waals surface area contributed by atoms with Gasteiger partial charge in [-0.15, -0.1) is 0 Å². The quantitative estimate of drug-likeness (QED) is 0.922. The summed E-state index contributed by atoms with van der Waals surface area (Å²) in [6.45, 7) is 7.36. The van der Waals surface area contributed by atoms with Crippen molar-refractivity contribution in [2.45, 2.75) is 20.8 Å². The summed E-state index contributed by atoms with van der Waals surface area (Å²) in [6.07, 6.45) is 0. The van der Waals surface area contributed by atoms with E-state index in [2.05, 4.69) is 15.3 Å². The van der Waals surface area contributed by atoms with E-state index in [9.17, 15) is 9.18 Å². The third-order valence-corrected chi connectivity index (χ3v) is 3.22. The Bertz CT molecular complexity index is 654. The average molecular weight is 302 g/mol. The lowest BCUT2D eigenvalue weighted by atomic mass is 10.2. The number of hydrogen-bond donors (Lipinski definition) is 1. The van der Waals surface area contributed by atoms with Gasteiger partial charge < -0.3 is 10.2 Å². The summed E-state index contributed by atoms with van der Waals surface area (Å²) in [4.78, 5) is 22.9. The minimum Gasteiger partial charge on any atom is -0.341 e. The zero-order valence-electron chi connectivity index (χ0n) is 12.9. The summed E-state index contributed by atoms with van der Waals surface area (Å²) in [5, 5.41) is 2.70. The highest BCUT2D eigenvalue weighted by Gasteiger charge is 2.13. The zero-order chi connectivity index (χ0) is 16.1. The van der Waals surface area contributed by atoms with Crippen LogP contribution in [0.5, 0.6) is 0 Å². The SMILES string of the molecule is CCN(CC)c1nc(C)cc(C(=O)Nc2ccc(F)cc2)n1. The zero-order valence-corrected chi connectivity index (χ0v) is 12.9. The molecule has 5 nitrogen and oxygen atoms in total. The second kappa shape index (κ2) is 6.98. The molecule has 0 saturated heterocycles. The fraction of sp³-hybridized carbons (Fsp3) is 0.312. The van der Waals surface area contributed by atoms with E-state index >= 15 is 0 Å². The number of aromatic nitrogens is 2. The van der Waals surface area contributed by atoms with E-state index in [0.717, 1.165) is 18.8 Å². The second-order valence-corrected chi connectivity index (χ2v) is 4.83. The third kappa shape index (κ3) is 3.78. The number of nitrogens with zero attached hydrogens (tertiary/aromatic N) is 3. The molecule has 2 aromatic rings.